The van der Waals surface area contributed by atoms with Gasteiger partial charge in [0.2, 0.25) is 0 Å². The van der Waals surface area contributed by atoms with E-state index in [0.717, 1.165) is 0 Å². The Labute approximate surface area is 167 Å². The number of amides is 1. The molecule has 0 unspecified atom stereocenters. The molecule has 0 atom stereocenters. The smallest absolute Gasteiger partial charge is 0.338 e. The third-order valence-corrected chi connectivity index (χ3v) is 3.87. The number of rotatable bonds is 7. The zero-order valence-corrected chi connectivity index (χ0v) is 15.7. The molecule has 148 valence electrons. The van der Waals surface area contributed by atoms with Crippen molar-refractivity contribution in [2.75, 3.05) is 23.1 Å². The van der Waals surface area contributed by atoms with Gasteiger partial charge in [-0.1, -0.05) is 18.2 Å². The molecule has 3 rings (SSSR count). The fraction of sp³-hybridized carbons (Fsp3) is 0.100. The van der Waals surface area contributed by atoms with Crippen molar-refractivity contribution in [2.24, 2.45) is 0 Å². The molecule has 0 aliphatic rings. The highest BCUT2D eigenvalue weighted by Crippen LogP contribution is 2.25. The molecule has 2 aromatic carbocycles. The summed E-state index contributed by atoms with van der Waals surface area (Å²) < 4.78 is 4.96. The lowest BCUT2D eigenvalue weighted by atomic mass is 10.2. The van der Waals surface area contributed by atoms with Crippen LogP contribution in [0.1, 0.15) is 27.6 Å². The molecular weight excluding hydrogens is 372 g/mol. The summed E-state index contributed by atoms with van der Waals surface area (Å²) >= 11 is 0. The highest BCUT2D eigenvalue weighted by molar-refractivity contribution is 5.95. The highest BCUT2D eigenvalue weighted by Gasteiger charge is 2.11. The molecule has 0 saturated heterocycles. The summed E-state index contributed by atoms with van der Waals surface area (Å²) in [5, 5.41) is 3.05. The van der Waals surface area contributed by atoms with Gasteiger partial charge in [-0.2, -0.15) is 0 Å². The van der Waals surface area contributed by atoms with Crippen LogP contribution in [0.25, 0.3) is 0 Å². The van der Waals surface area contributed by atoms with Gasteiger partial charge in [-0.15, -0.1) is 0 Å². The van der Waals surface area contributed by atoms with Crippen molar-refractivity contribution < 1.29 is 14.3 Å². The fourth-order valence-corrected chi connectivity index (χ4v) is 2.41. The number of anilines is 4. The van der Waals surface area contributed by atoms with Crippen LogP contribution in [0.3, 0.4) is 0 Å². The molecule has 3 aromatic rings. The lowest BCUT2D eigenvalue weighted by Gasteiger charge is -2.13. The second kappa shape index (κ2) is 9.18. The lowest BCUT2D eigenvalue weighted by molar-refractivity contribution is 0.0526. The van der Waals surface area contributed by atoms with E-state index in [-0.39, 0.29) is 23.4 Å². The summed E-state index contributed by atoms with van der Waals surface area (Å²) in [6, 6.07) is 15.4. The normalized spacial score (nSPS) is 10.1. The maximum absolute atomic E-state index is 12.1. The monoisotopic (exact) mass is 392 g/mol. The van der Waals surface area contributed by atoms with Gasteiger partial charge in [0.05, 0.1) is 12.2 Å². The number of carbonyl (C=O) groups is 2. The van der Waals surface area contributed by atoms with E-state index in [1.54, 1.807) is 55.5 Å². The van der Waals surface area contributed by atoms with E-state index in [2.05, 4.69) is 26.1 Å². The van der Waals surface area contributed by atoms with Crippen LogP contribution in [0.5, 0.6) is 0 Å². The van der Waals surface area contributed by atoms with Crippen molar-refractivity contribution >= 4 is 34.9 Å². The van der Waals surface area contributed by atoms with Gasteiger partial charge >= 0.3 is 5.97 Å². The van der Waals surface area contributed by atoms with E-state index >= 15 is 0 Å². The summed E-state index contributed by atoms with van der Waals surface area (Å²) in [6.45, 7) is 2.06. The maximum Gasteiger partial charge on any atom is 0.338 e. The molecule has 1 heterocycles. The molecule has 29 heavy (non-hydrogen) atoms. The summed E-state index contributed by atoms with van der Waals surface area (Å²) in [5.74, 6) is -0.121. The number of nitrogen functional groups attached to an aromatic ring is 1. The molecule has 0 spiro atoms. The minimum atomic E-state index is -0.388. The SMILES string of the molecule is CCOC(=O)c1ccc(Nc2ncnc(NNC(=O)c3ccccc3)c2N)cc1. The van der Waals surface area contributed by atoms with Crippen LogP contribution in [0.4, 0.5) is 23.0 Å². The second-order valence-corrected chi connectivity index (χ2v) is 5.85. The number of hydrogen-bond donors (Lipinski definition) is 4. The number of nitrogens with one attached hydrogen (secondary N) is 3. The van der Waals surface area contributed by atoms with E-state index in [1.165, 1.54) is 6.33 Å². The van der Waals surface area contributed by atoms with Crippen molar-refractivity contribution in [3.8, 4) is 0 Å². The van der Waals surface area contributed by atoms with E-state index in [0.29, 0.717) is 29.2 Å². The van der Waals surface area contributed by atoms with Gasteiger partial charge in [0, 0.05) is 11.3 Å². The Morgan fingerprint density at radius 1 is 0.966 bits per heavy atom. The van der Waals surface area contributed by atoms with Crippen LogP contribution in [-0.4, -0.2) is 28.5 Å². The zero-order chi connectivity index (χ0) is 20.6. The predicted octanol–water partition coefficient (Wildman–Crippen LogP) is 2.74. The van der Waals surface area contributed by atoms with Crippen LogP contribution in [0.2, 0.25) is 0 Å². The Bertz CT molecular complexity index is 993. The molecule has 1 amide bonds. The molecule has 0 radical (unpaired) electrons. The number of aromatic nitrogens is 2. The minimum absolute atomic E-state index is 0.218. The Morgan fingerprint density at radius 2 is 1.66 bits per heavy atom. The average molecular weight is 392 g/mol. The molecule has 0 saturated carbocycles. The van der Waals surface area contributed by atoms with E-state index < -0.39 is 0 Å². The summed E-state index contributed by atoms with van der Waals surface area (Å²) in [4.78, 5) is 32.0. The van der Waals surface area contributed by atoms with Crippen LogP contribution >= 0.6 is 0 Å². The minimum Gasteiger partial charge on any atom is -0.462 e. The van der Waals surface area contributed by atoms with Crippen molar-refractivity contribution in [2.45, 2.75) is 6.92 Å². The van der Waals surface area contributed by atoms with Crippen LogP contribution in [0, 0.1) is 0 Å². The Balaban J connectivity index is 1.67. The van der Waals surface area contributed by atoms with Gasteiger partial charge in [-0.3, -0.25) is 15.6 Å². The van der Waals surface area contributed by atoms with Crippen LogP contribution in [-0.2, 0) is 4.74 Å². The number of nitrogens with two attached hydrogens (primary N) is 1. The molecule has 0 aliphatic carbocycles. The number of benzene rings is 2. The predicted molar refractivity (Wildman–Crippen MR) is 110 cm³/mol. The van der Waals surface area contributed by atoms with Crippen molar-refractivity contribution in [1.29, 1.82) is 0 Å². The molecule has 0 aliphatic heterocycles. The van der Waals surface area contributed by atoms with Gasteiger partial charge in [-0.25, -0.2) is 14.8 Å². The molecule has 0 fully saturated rings. The van der Waals surface area contributed by atoms with E-state index in [1.807, 2.05) is 6.07 Å². The molecule has 1 aromatic heterocycles. The van der Waals surface area contributed by atoms with Crippen molar-refractivity contribution in [3.05, 3.63) is 72.1 Å². The zero-order valence-electron chi connectivity index (χ0n) is 15.7. The molecular formula is C20H20N6O3. The second-order valence-electron chi connectivity index (χ2n) is 5.85. The number of hydrogen-bond acceptors (Lipinski definition) is 8. The largest absolute Gasteiger partial charge is 0.462 e. The van der Waals surface area contributed by atoms with Crippen LogP contribution < -0.4 is 21.9 Å². The summed E-state index contributed by atoms with van der Waals surface area (Å²) in [5.41, 5.74) is 13.2. The Hall–Kier alpha value is -4.14. The quantitative estimate of drug-likeness (QED) is 0.356. The first-order chi connectivity index (χ1) is 14.1. The number of ether oxygens (including phenoxy) is 1. The van der Waals surface area contributed by atoms with Crippen molar-refractivity contribution in [1.82, 2.24) is 15.4 Å². The Morgan fingerprint density at radius 3 is 2.34 bits per heavy atom. The summed E-state index contributed by atoms with van der Waals surface area (Å²) in [6.07, 6.45) is 1.31. The average Bonchev–Trinajstić information content (AvgIpc) is 2.75. The van der Waals surface area contributed by atoms with Gasteiger partial charge in [0.25, 0.3) is 5.91 Å². The number of nitrogens with zero attached hydrogens (tertiary/aromatic N) is 2. The fourth-order valence-electron chi connectivity index (χ4n) is 2.41. The first-order valence-corrected chi connectivity index (χ1v) is 8.84. The topological polar surface area (TPSA) is 131 Å². The number of hydrazine groups is 1. The van der Waals surface area contributed by atoms with Gasteiger partial charge in [0.1, 0.15) is 12.0 Å². The lowest BCUT2D eigenvalue weighted by Crippen LogP contribution is -2.30. The van der Waals surface area contributed by atoms with Crippen LogP contribution in [0.15, 0.2) is 60.9 Å². The van der Waals surface area contributed by atoms with E-state index in [4.69, 9.17) is 10.5 Å². The molecule has 0 bridgehead atoms. The van der Waals surface area contributed by atoms with Gasteiger partial charge < -0.3 is 15.8 Å². The standard InChI is InChI=1S/C20H20N6O3/c1-2-29-20(28)14-8-10-15(11-9-14)24-17-16(21)18(23-12-22-17)25-26-19(27)13-6-4-3-5-7-13/h3-12H,2,21H2,1H3,(H,26,27)(H2,22,23,24,25). The first kappa shape index (κ1) is 19.6. The summed E-state index contributed by atoms with van der Waals surface area (Å²) in [7, 11) is 0. The molecule has 9 heteroatoms. The maximum atomic E-state index is 12.1. The Kier molecular flexibility index (Phi) is 6.21. The van der Waals surface area contributed by atoms with Crippen molar-refractivity contribution in [3.63, 3.8) is 0 Å². The first-order valence-electron chi connectivity index (χ1n) is 8.84. The number of carbonyl (C=O) groups excluding carboxylic acids is 2. The number of esters is 1. The third-order valence-electron chi connectivity index (χ3n) is 3.87. The van der Waals surface area contributed by atoms with Gasteiger partial charge in [0.15, 0.2) is 11.6 Å². The third kappa shape index (κ3) is 4.98. The van der Waals surface area contributed by atoms with Gasteiger partial charge in [-0.05, 0) is 43.3 Å². The van der Waals surface area contributed by atoms with E-state index in [9.17, 15) is 9.59 Å². The molecule has 9 nitrogen and oxygen atoms in total. The highest BCUT2D eigenvalue weighted by atomic mass is 16.5. The molecule has 5 N–H and O–H groups in total.